The van der Waals surface area contributed by atoms with Crippen molar-refractivity contribution in [3.8, 4) is 0 Å². The van der Waals surface area contributed by atoms with Crippen molar-refractivity contribution in [1.29, 1.82) is 0 Å². The SMILES string of the molecule is CCCCCCCCCCCCCCC(c1ccccc1)S(=O)(=O)O. The molecule has 0 amide bonds. The van der Waals surface area contributed by atoms with Gasteiger partial charge in [-0.3, -0.25) is 4.55 Å². The Labute approximate surface area is 155 Å². The fraction of sp³-hybridized carbons (Fsp3) is 0.714. The predicted molar refractivity (Wildman–Crippen MR) is 106 cm³/mol. The molecular weight excluding hydrogens is 332 g/mol. The lowest BCUT2D eigenvalue weighted by atomic mass is 10.0. The first-order chi connectivity index (χ1) is 12.1. The van der Waals surface area contributed by atoms with Crippen molar-refractivity contribution in [2.75, 3.05) is 0 Å². The van der Waals surface area contributed by atoms with E-state index < -0.39 is 15.4 Å². The molecule has 1 aromatic carbocycles. The van der Waals surface area contributed by atoms with Gasteiger partial charge in [-0.05, 0) is 12.0 Å². The van der Waals surface area contributed by atoms with Gasteiger partial charge in [0.15, 0.2) is 0 Å². The molecule has 1 unspecified atom stereocenters. The van der Waals surface area contributed by atoms with Crippen LogP contribution in [-0.4, -0.2) is 13.0 Å². The van der Waals surface area contributed by atoms with Crippen LogP contribution in [0.25, 0.3) is 0 Å². The lowest BCUT2D eigenvalue weighted by molar-refractivity contribution is 0.458. The van der Waals surface area contributed by atoms with E-state index in [0.29, 0.717) is 12.0 Å². The molecule has 0 heterocycles. The topological polar surface area (TPSA) is 54.4 Å². The highest BCUT2D eigenvalue weighted by atomic mass is 32.2. The predicted octanol–water partition coefficient (Wildman–Crippen LogP) is 6.71. The fourth-order valence-electron chi connectivity index (χ4n) is 3.33. The monoisotopic (exact) mass is 368 g/mol. The van der Waals surface area contributed by atoms with Crippen LogP contribution >= 0.6 is 0 Å². The van der Waals surface area contributed by atoms with Crippen molar-refractivity contribution in [1.82, 2.24) is 0 Å². The Balaban J connectivity index is 2.09. The molecule has 0 radical (unpaired) electrons. The number of unbranched alkanes of at least 4 members (excludes halogenated alkanes) is 11. The number of hydrogen-bond donors (Lipinski definition) is 1. The van der Waals surface area contributed by atoms with Gasteiger partial charge in [0.1, 0.15) is 5.25 Å². The normalized spacial score (nSPS) is 13.0. The lowest BCUT2D eigenvalue weighted by Crippen LogP contribution is -2.12. The highest BCUT2D eigenvalue weighted by Crippen LogP contribution is 2.27. The molecule has 0 aliphatic rings. The van der Waals surface area contributed by atoms with Gasteiger partial charge in [-0.2, -0.15) is 8.42 Å². The molecule has 0 saturated carbocycles. The van der Waals surface area contributed by atoms with Crippen LogP contribution in [0.2, 0.25) is 0 Å². The summed E-state index contributed by atoms with van der Waals surface area (Å²) in [4.78, 5) is 0. The van der Waals surface area contributed by atoms with Crippen LogP contribution in [0.4, 0.5) is 0 Å². The quantitative estimate of drug-likeness (QED) is 0.276. The molecule has 0 fully saturated rings. The molecule has 1 N–H and O–H groups in total. The molecule has 1 atom stereocenters. The minimum Gasteiger partial charge on any atom is -0.285 e. The van der Waals surface area contributed by atoms with Gasteiger partial charge >= 0.3 is 0 Å². The highest BCUT2D eigenvalue weighted by molar-refractivity contribution is 7.86. The number of rotatable bonds is 15. The van der Waals surface area contributed by atoms with Gasteiger partial charge in [-0.25, -0.2) is 0 Å². The van der Waals surface area contributed by atoms with Crippen LogP contribution in [0.15, 0.2) is 30.3 Å². The Morgan fingerprint density at radius 3 is 1.64 bits per heavy atom. The molecule has 0 spiro atoms. The van der Waals surface area contributed by atoms with Crippen LogP contribution in [0.1, 0.15) is 101 Å². The largest absolute Gasteiger partial charge is 0.285 e. The van der Waals surface area contributed by atoms with Gasteiger partial charge in [-0.15, -0.1) is 0 Å². The van der Waals surface area contributed by atoms with Crippen molar-refractivity contribution in [3.63, 3.8) is 0 Å². The van der Waals surface area contributed by atoms with E-state index in [1.165, 1.54) is 57.8 Å². The van der Waals surface area contributed by atoms with Crippen molar-refractivity contribution >= 4 is 10.1 Å². The van der Waals surface area contributed by atoms with Crippen LogP contribution in [-0.2, 0) is 10.1 Å². The number of hydrogen-bond acceptors (Lipinski definition) is 2. The standard InChI is InChI=1S/C21H36O3S/c1-2-3-4-5-6-7-8-9-10-11-12-16-19-21(25(22,23)24)20-17-14-13-15-18-20/h13-15,17-18,21H,2-12,16,19H2,1H3,(H,22,23,24). The summed E-state index contributed by atoms with van der Waals surface area (Å²) in [6.07, 6.45) is 15.5. The van der Waals surface area contributed by atoms with Gasteiger partial charge in [0.25, 0.3) is 10.1 Å². The molecule has 25 heavy (non-hydrogen) atoms. The second-order valence-electron chi connectivity index (χ2n) is 7.09. The lowest BCUT2D eigenvalue weighted by Gasteiger charge is -2.14. The molecule has 1 aromatic rings. The second-order valence-corrected chi connectivity index (χ2v) is 8.69. The fourth-order valence-corrected chi connectivity index (χ4v) is 4.29. The van der Waals surface area contributed by atoms with E-state index in [1.807, 2.05) is 18.2 Å². The molecule has 0 aliphatic carbocycles. The smallest absolute Gasteiger partial charge is 0.271 e. The molecule has 0 aliphatic heterocycles. The zero-order chi connectivity index (χ0) is 18.4. The summed E-state index contributed by atoms with van der Waals surface area (Å²) >= 11 is 0. The van der Waals surface area contributed by atoms with Gasteiger partial charge in [-0.1, -0.05) is 114 Å². The van der Waals surface area contributed by atoms with Crippen LogP contribution in [0, 0.1) is 0 Å². The molecule has 1 rings (SSSR count). The summed E-state index contributed by atoms with van der Waals surface area (Å²) in [6.45, 7) is 2.25. The minimum absolute atomic E-state index is 0.500. The Bertz CT molecular complexity index is 525. The third-order valence-corrected chi connectivity index (χ3v) is 6.08. The third-order valence-electron chi connectivity index (χ3n) is 4.85. The van der Waals surface area contributed by atoms with Crippen molar-refractivity contribution < 1.29 is 13.0 Å². The van der Waals surface area contributed by atoms with E-state index >= 15 is 0 Å². The van der Waals surface area contributed by atoms with Gasteiger partial charge in [0.05, 0.1) is 0 Å². The average Bonchev–Trinajstić information content (AvgIpc) is 2.58. The Kier molecular flexibility index (Phi) is 11.8. The van der Waals surface area contributed by atoms with E-state index in [-0.39, 0.29) is 0 Å². The summed E-state index contributed by atoms with van der Waals surface area (Å²) in [7, 11) is -4.03. The second kappa shape index (κ2) is 13.3. The molecule has 3 nitrogen and oxygen atoms in total. The van der Waals surface area contributed by atoms with Crippen molar-refractivity contribution in [2.24, 2.45) is 0 Å². The average molecular weight is 369 g/mol. The maximum Gasteiger partial charge on any atom is 0.271 e. The maximum atomic E-state index is 11.6. The zero-order valence-corrected chi connectivity index (χ0v) is 16.6. The molecule has 4 heteroatoms. The first-order valence-corrected chi connectivity index (χ1v) is 11.6. The first kappa shape index (κ1) is 22.2. The van der Waals surface area contributed by atoms with E-state index in [0.717, 1.165) is 19.3 Å². The van der Waals surface area contributed by atoms with E-state index in [1.54, 1.807) is 12.1 Å². The molecular formula is C21H36O3S. The Morgan fingerprint density at radius 2 is 1.20 bits per heavy atom. The first-order valence-electron chi connectivity index (χ1n) is 10.1. The Hall–Kier alpha value is -0.870. The maximum absolute atomic E-state index is 11.6. The molecule has 0 bridgehead atoms. The molecule has 0 saturated heterocycles. The molecule has 144 valence electrons. The van der Waals surface area contributed by atoms with E-state index in [9.17, 15) is 13.0 Å². The van der Waals surface area contributed by atoms with Crippen LogP contribution < -0.4 is 0 Å². The summed E-state index contributed by atoms with van der Waals surface area (Å²) in [5.74, 6) is 0. The van der Waals surface area contributed by atoms with Crippen molar-refractivity contribution in [2.45, 2.75) is 95.6 Å². The van der Waals surface area contributed by atoms with Gasteiger partial charge in [0, 0.05) is 0 Å². The highest BCUT2D eigenvalue weighted by Gasteiger charge is 2.24. The molecule has 0 aromatic heterocycles. The summed E-state index contributed by atoms with van der Waals surface area (Å²) < 4.78 is 32.7. The third kappa shape index (κ3) is 10.7. The zero-order valence-electron chi connectivity index (χ0n) is 15.8. The van der Waals surface area contributed by atoms with Crippen LogP contribution in [0.5, 0.6) is 0 Å². The summed E-state index contributed by atoms with van der Waals surface area (Å²) in [5, 5.41) is -0.781. The van der Waals surface area contributed by atoms with Gasteiger partial charge in [0.2, 0.25) is 0 Å². The number of benzene rings is 1. The van der Waals surface area contributed by atoms with Crippen LogP contribution in [0.3, 0.4) is 0 Å². The van der Waals surface area contributed by atoms with E-state index in [4.69, 9.17) is 0 Å². The van der Waals surface area contributed by atoms with E-state index in [2.05, 4.69) is 6.92 Å². The van der Waals surface area contributed by atoms with Gasteiger partial charge < -0.3 is 0 Å². The van der Waals surface area contributed by atoms with Crippen molar-refractivity contribution in [3.05, 3.63) is 35.9 Å². The minimum atomic E-state index is -4.03. The Morgan fingerprint density at radius 1 is 0.760 bits per heavy atom. The summed E-state index contributed by atoms with van der Waals surface area (Å²) in [5.41, 5.74) is 0.688. The summed E-state index contributed by atoms with van der Waals surface area (Å²) in [6, 6.07) is 9.04.